The van der Waals surface area contributed by atoms with E-state index in [1.807, 2.05) is 6.92 Å². The summed E-state index contributed by atoms with van der Waals surface area (Å²) in [5.41, 5.74) is 0.591. The Hall–Kier alpha value is -1.98. The third-order valence-electron chi connectivity index (χ3n) is 4.04. The van der Waals surface area contributed by atoms with E-state index in [1.165, 1.54) is 6.07 Å². The van der Waals surface area contributed by atoms with E-state index in [2.05, 4.69) is 35.1 Å². The SMILES string of the molecule is CCNC(=NCc1ccccc1OC(F)F)NCc1nnc2n1CCC2.I. The molecule has 0 aliphatic carbocycles. The van der Waals surface area contributed by atoms with E-state index < -0.39 is 6.61 Å². The second-order valence-electron chi connectivity index (χ2n) is 5.82. The Kier molecular flexibility index (Phi) is 8.20. The maximum atomic E-state index is 12.5. The second kappa shape index (κ2) is 10.4. The molecule has 0 unspecified atom stereocenters. The normalized spacial score (nSPS) is 13.3. The Balaban J connectivity index is 0.00000261. The largest absolute Gasteiger partial charge is 0.434 e. The smallest absolute Gasteiger partial charge is 0.387 e. The summed E-state index contributed by atoms with van der Waals surface area (Å²) >= 11 is 0. The van der Waals surface area contributed by atoms with Gasteiger partial charge in [0.25, 0.3) is 0 Å². The number of aryl methyl sites for hydroxylation is 1. The first kappa shape index (κ1) is 21.3. The molecule has 0 atom stereocenters. The lowest BCUT2D eigenvalue weighted by atomic mass is 10.2. The van der Waals surface area contributed by atoms with Gasteiger partial charge in [-0.05, 0) is 19.4 Å². The Morgan fingerprint density at radius 1 is 1.30 bits per heavy atom. The van der Waals surface area contributed by atoms with Crippen molar-refractivity contribution in [3.05, 3.63) is 41.5 Å². The molecule has 10 heteroatoms. The maximum Gasteiger partial charge on any atom is 0.387 e. The highest BCUT2D eigenvalue weighted by Crippen LogP contribution is 2.21. The van der Waals surface area contributed by atoms with E-state index in [-0.39, 0.29) is 36.3 Å². The predicted octanol–water partition coefficient (Wildman–Crippen LogP) is 2.70. The lowest BCUT2D eigenvalue weighted by Crippen LogP contribution is -2.37. The number of guanidine groups is 1. The molecule has 0 spiro atoms. The summed E-state index contributed by atoms with van der Waals surface area (Å²) in [7, 11) is 0. The Labute approximate surface area is 173 Å². The fourth-order valence-corrected chi connectivity index (χ4v) is 2.86. The predicted molar refractivity (Wildman–Crippen MR) is 108 cm³/mol. The van der Waals surface area contributed by atoms with Crippen LogP contribution in [0.4, 0.5) is 8.78 Å². The summed E-state index contributed by atoms with van der Waals surface area (Å²) in [6, 6.07) is 6.65. The second-order valence-corrected chi connectivity index (χ2v) is 5.82. The number of halogens is 3. The van der Waals surface area contributed by atoms with E-state index in [4.69, 9.17) is 0 Å². The van der Waals surface area contributed by atoms with Crippen LogP contribution in [-0.4, -0.2) is 33.9 Å². The summed E-state index contributed by atoms with van der Waals surface area (Å²) in [5, 5.41) is 14.7. The van der Waals surface area contributed by atoms with Crippen LogP contribution >= 0.6 is 24.0 Å². The third-order valence-corrected chi connectivity index (χ3v) is 4.04. The average Bonchev–Trinajstić information content (AvgIpc) is 3.22. The molecular weight excluding hydrogens is 469 g/mol. The van der Waals surface area contributed by atoms with Crippen LogP contribution in [0.1, 0.15) is 30.6 Å². The van der Waals surface area contributed by atoms with E-state index in [0.717, 1.165) is 31.0 Å². The number of alkyl halides is 2. The van der Waals surface area contributed by atoms with Crippen molar-refractivity contribution in [1.29, 1.82) is 0 Å². The van der Waals surface area contributed by atoms with Gasteiger partial charge in [0.15, 0.2) is 11.8 Å². The molecule has 0 bridgehead atoms. The molecule has 27 heavy (non-hydrogen) atoms. The molecule has 2 heterocycles. The van der Waals surface area contributed by atoms with Crippen molar-refractivity contribution >= 4 is 29.9 Å². The molecule has 1 aromatic heterocycles. The Morgan fingerprint density at radius 2 is 2.11 bits per heavy atom. The Morgan fingerprint density at radius 3 is 2.89 bits per heavy atom. The molecule has 2 aromatic rings. The highest BCUT2D eigenvalue weighted by Gasteiger charge is 2.17. The van der Waals surface area contributed by atoms with Gasteiger partial charge in [-0.2, -0.15) is 8.78 Å². The van der Waals surface area contributed by atoms with Gasteiger partial charge in [0.05, 0.1) is 13.1 Å². The number of aliphatic imine (C=N–C) groups is 1. The molecule has 3 rings (SSSR count). The fraction of sp³-hybridized carbons (Fsp3) is 0.471. The number of para-hydroxylation sites is 1. The molecule has 1 aromatic carbocycles. The molecule has 0 amide bonds. The van der Waals surface area contributed by atoms with Gasteiger partial charge in [0.2, 0.25) is 0 Å². The first-order valence-electron chi connectivity index (χ1n) is 8.63. The fourth-order valence-electron chi connectivity index (χ4n) is 2.86. The minimum atomic E-state index is -2.86. The number of benzene rings is 1. The van der Waals surface area contributed by atoms with Crippen LogP contribution in [0.15, 0.2) is 29.3 Å². The summed E-state index contributed by atoms with van der Waals surface area (Å²) < 4.78 is 31.7. The lowest BCUT2D eigenvalue weighted by Gasteiger charge is -2.12. The zero-order chi connectivity index (χ0) is 18.4. The van der Waals surface area contributed by atoms with Gasteiger partial charge < -0.3 is 19.9 Å². The molecule has 148 valence electrons. The molecule has 2 N–H and O–H groups in total. The summed E-state index contributed by atoms with van der Waals surface area (Å²) in [6.07, 6.45) is 2.05. The van der Waals surface area contributed by atoms with Crippen molar-refractivity contribution in [3.63, 3.8) is 0 Å². The van der Waals surface area contributed by atoms with Gasteiger partial charge in [0.1, 0.15) is 11.6 Å². The lowest BCUT2D eigenvalue weighted by molar-refractivity contribution is -0.0504. The summed E-state index contributed by atoms with van der Waals surface area (Å²) in [5.74, 6) is 2.60. The maximum absolute atomic E-state index is 12.5. The number of ether oxygens (including phenoxy) is 1. The highest BCUT2D eigenvalue weighted by atomic mass is 127. The van der Waals surface area contributed by atoms with Gasteiger partial charge in [-0.25, -0.2) is 4.99 Å². The van der Waals surface area contributed by atoms with Gasteiger partial charge >= 0.3 is 6.61 Å². The van der Waals surface area contributed by atoms with Crippen molar-refractivity contribution in [2.24, 2.45) is 4.99 Å². The van der Waals surface area contributed by atoms with Crippen LogP contribution in [0.5, 0.6) is 5.75 Å². The van der Waals surface area contributed by atoms with E-state index in [9.17, 15) is 8.78 Å². The molecule has 0 saturated heterocycles. The van der Waals surface area contributed by atoms with Crippen molar-refractivity contribution < 1.29 is 13.5 Å². The van der Waals surface area contributed by atoms with Gasteiger partial charge in [-0.3, -0.25) is 0 Å². The van der Waals surface area contributed by atoms with E-state index >= 15 is 0 Å². The number of fused-ring (bicyclic) bond motifs is 1. The summed E-state index contributed by atoms with van der Waals surface area (Å²) in [4.78, 5) is 4.46. The van der Waals surface area contributed by atoms with E-state index in [1.54, 1.807) is 18.2 Å². The quantitative estimate of drug-likeness (QED) is 0.353. The van der Waals surface area contributed by atoms with Crippen molar-refractivity contribution in [3.8, 4) is 5.75 Å². The molecule has 7 nitrogen and oxygen atoms in total. The standard InChI is InChI=1S/C17H22F2N6O.HI/c1-2-20-17(22-11-15-24-23-14-8-5-9-25(14)15)21-10-12-6-3-4-7-13(12)26-16(18)19;/h3-4,6-7,16H,2,5,8-11H2,1H3,(H2,20,21,22);1H. The van der Waals surface area contributed by atoms with Crippen molar-refractivity contribution in [2.75, 3.05) is 6.54 Å². The van der Waals surface area contributed by atoms with Crippen LogP contribution in [0, 0.1) is 0 Å². The minimum absolute atomic E-state index is 0. The number of rotatable bonds is 7. The van der Waals surface area contributed by atoms with Gasteiger partial charge in [0, 0.05) is 25.1 Å². The van der Waals surface area contributed by atoms with Crippen LogP contribution < -0.4 is 15.4 Å². The number of hydrogen-bond acceptors (Lipinski definition) is 4. The first-order valence-corrected chi connectivity index (χ1v) is 8.63. The van der Waals surface area contributed by atoms with Crippen LogP contribution in [-0.2, 0) is 26.1 Å². The molecule has 0 saturated carbocycles. The minimum Gasteiger partial charge on any atom is -0.434 e. The highest BCUT2D eigenvalue weighted by molar-refractivity contribution is 14.0. The van der Waals surface area contributed by atoms with Crippen LogP contribution in [0.2, 0.25) is 0 Å². The monoisotopic (exact) mass is 492 g/mol. The molecule has 1 aliphatic rings. The average molecular weight is 492 g/mol. The van der Waals surface area contributed by atoms with E-state index in [0.29, 0.717) is 24.6 Å². The number of aromatic nitrogens is 3. The number of hydrogen-bond donors (Lipinski definition) is 2. The first-order chi connectivity index (χ1) is 12.7. The van der Waals surface area contributed by atoms with Crippen molar-refractivity contribution in [1.82, 2.24) is 25.4 Å². The molecular formula is C17H23F2IN6O. The third kappa shape index (κ3) is 5.75. The number of nitrogens with one attached hydrogen (secondary N) is 2. The molecule has 0 radical (unpaired) electrons. The molecule has 1 aliphatic heterocycles. The number of nitrogens with zero attached hydrogens (tertiary/aromatic N) is 4. The van der Waals surface area contributed by atoms with Crippen LogP contribution in [0.25, 0.3) is 0 Å². The van der Waals surface area contributed by atoms with Crippen LogP contribution in [0.3, 0.4) is 0 Å². The Bertz CT molecular complexity index is 768. The zero-order valence-corrected chi connectivity index (χ0v) is 17.3. The molecule has 0 fully saturated rings. The zero-order valence-electron chi connectivity index (χ0n) is 15.0. The topological polar surface area (TPSA) is 76.4 Å². The van der Waals surface area contributed by atoms with Gasteiger partial charge in [-0.1, -0.05) is 18.2 Å². The summed E-state index contributed by atoms with van der Waals surface area (Å²) in [6.45, 7) is 1.43. The van der Waals surface area contributed by atoms with Gasteiger partial charge in [-0.15, -0.1) is 34.2 Å². The van der Waals surface area contributed by atoms with Crippen molar-refractivity contribution in [2.45, 2.75) is 46.0 Å².